The molecule has 8 heteroatoms. The largest absolute Gasteiger partial charge is 0.461 e. The molecule has 0 atom stereocenters. The van der Waals surface area contributed by atoms with Crippen LogP contribution in [0.1, 0.15) is 23.0 Å². The number of nitrogens with zero attached hydrogens (tertiary/aromatic N) is 3. The molecule has 0 fully saturated rings. The molecule has 0 saturated heterocycles. The summed E-state index contributed by atoms with van der Waals surface area (Å²) in [6, 6.07) is 11.5. The minimum atomic E-state index is -0.608. The third-order valence-electron chi connectivity index (χ3n) is 3.66. The summed E-state index contributed by atoms with van der Waals surface area (Å²) in [5.41, 5.74) is 1.50. The first-order valence-electron chi connectivity index (χ1n) is 7.56. The molecule has 1 aromatic heterocycles. The predicted molar refractivity (Wildman–Crippen MR) is 92.9 cm³/mol. The summed E-state index contributed by atoms with van der Waals surface area (Å²) in [7, 11) is 0. The molecule has 0 spiro atoms. The highest BCUT2D eigenvalue weighted by Crippen LogP contribution is 2.25. The fourth-order valence-electron chi connectivity index (χ4n) is 2.51. The molecule has 128 valence electrons. The molecule has 0 saturated carbocycles. The number of benzene rings is 2. The van der Waals surface area contributed by atoms with Crippen LogP contribution in [0.5, 0.6) is 0 Å². The van der Waals surface area contributed by atoms with E-state index in [1.807, 2.05) is 12.1 Å². The lowest BCUT2D eigenvalue weighted by Gasteiger charge is -2.04. The molecule has 0 N–H and O–H groups in total. The number of nitro groups is 1. The Morgan fingerprint density at radius 2 is 2.00 bits per heavy atom. The van der Waals surface area contributed by atoms with Crippen molar-refractivity contribution in [3.05, 3.63) is 68.9 Å². The number of non-ortho nitro benzene ring substituents is 1. The van der Waals surface area contributed by atoms with Gasteiger partial charge in [-0.05, 0) is 30.7 Å². The molecule has 0 radical (unpaired) electrons. The van der Waals surface area contributed by atoms with Gasteiger partial charge in [-0.15, -0.1) is 0 Å². The molecule has 0 amide bonds. The molecule has 1 heterocycles. The van der Waals surface area contributed by atoms with Crippen LogP contribution in [0.4, 0.5) is 5.69 Å². The highest BCUT2D eigenvalue weighted by atomic mass is 35.5. The van der Waals surface area contributed by atoms with Crippen LogP contribution in [0, 0.1) is 10.1 Å². The van der Waals surface area contributed by atoms with Gasteiger partial charge >= 0.3 is 5.97 Å². The topological polar surface area (TPSA) is 87.3 Å². The molecule has 0 aliphatic rings. The van der Waals surface area contributed by atoms with Gasteiger partial charge in [-0.2, -0.15) is 5.10 Å². The number of hydrogen-bond acceptors (Lipinski definition) is 5. The number of nitro benzene ring substituents is 1. The van der Waals surface area contributed by atoms with Gasteiger partial charge in [0.25, 0.3) is 5.69 Å². The number of esters is 1. The van der Waals surface area contributed by atoms with E-state index in [9.17, 15) is 14.9 Å². The van der Waals surface area contributed by atoms with Crippen molar-refractivity contribution in [3.63, 3.8) is 0 Å². The maximum atomic E-state index is 12.2. The molecule has 0 aliphatic heterocycles. The van der Waals surface area contributed by atoms with Crippen LogP contribution < -0.4 is 0 Å². The van der Waals surface area contributed by atoms with Gasteiger partial charge in [0.1, 0.15) is 0 Å². The zero-order chi connectivity index (χ0) is 18.0. The van der Waals surface area contributed by atoms with Crippen LogP contribution >= 0.6 is 11.6 Å². The number of carbonyl (C=O) groups excluding carboxylic acids is 1. The molecule has 3 aromatic rings. The van der Waals surface area contributed by atoms with E-state index < -0.39 is 10.9 Å². The Kier molecular flexibility index (Phi) is 4.67. The normalized spacial score (nSPS) is 10.8. The monoisotopic (exact) mass is 359 g/mol. The molecule has 3 rings (SSSR count). The van der Waals surface area contributed by atoms with E-state index in [1.54, 1.807) is 29.8 Å². The Balaban J connectivity index is 2.10. The first-order chi connectivity index (χ1) is 12.0. The van der Waals surface area contributed by atoms with Crippen molar-refractivity contribution in [1.29, 1.82) is 0 Å². The fraction of sp³-hybridized carbons (Fsp3) is 0.176. The summed E-state index contributed by atoms with van der Waals surface area (Å²) in [5, 5.41) is 16.4. The van der Waals surface area contributed by atoms with E-state index in [1.165, 1.54) is 12.1 Å². The standard InChI is InChI=1S/C17H14ClN3O4/c1-2-25-17(22)16-14-9-13(21(23)24)7-8-15(14)20(19-16)10-11-3-5-12(18)6-4-11/h3-9H,2,10H2,1H3. The van der Waals surface area contributed by atoms with Crippen LogP contribution in [0.2, 0.25) is 5.02 Å². The molecule has 0 unspecified atom stereocenters. The summed E-state index contributed by atoms with van der Waals surface area (Å²) in [4.78, 5) is 22.7. The minimum Gasteiger partial charge on any atom is -0.461 e. The average molecular weight is 360 g/mol. The van der Waals surface area contributed by atoms with Gasteiger partial charge < -0.3 is 4.74 Å². The Morgan fingerprint density at radius 1 is 1.28 bits per heavy atom. The van der Waals surface area contributed by atoms with Crippen molar-refractivity contribution in [2.45, 2.75) is 13.5 Å². The number of halogens is 1. The highest BCUT2D eigenvalue weighted by molar-refractivity contribution is 6.30. The third kappa shape index (κ3) is 3.46. The Hall–Kier alpha value is -2.93. The van der Waals surface area contributed by atoms with Gasteiger partial charge in [-0.3, -0.25) is 14.8 Å². The molecular formula is C17H14ClN3O4. The van der Waals surface area contributed by atoms with Gasteiger partial charge in [0, 0.05) is 22.5 Å². The smallest absolute Gasteiger partial charge is 0.359 e. The molecule has 2 aromatic carbocycles. The van der Waals surface area contributed by atoms with E-state index in [0.29, 0.717) is 22.5 Å². The van der Waals surface area contributed by atoms with E-state index in [4.69, 9.17) is 16.3 Å². The lowest BCUT2D eigenvalue weighted by Crippen LogP contribution is -2.08. The highest BCUT2D eigenvalue weighted by Gasteiger charge is 2.21. The zero-order valence-corrected chi connectivity index (χ0v) is 14.1. The molecular weight excluding hydrogens is 346 g/mol. The van der Waals surface area contributed by atoms with Crippen molar-refractivity contribution in [3.8, 4) is 0 Å². The number of fused-ring (bicyclic) bond motifs is 1. The van der Waals surface area contributed by atoms with Crippen LogP contribution in [-0.4, -0.2) is 27.3 Å². The van der Waals surface area contributed by atoms with Crippen LogP contribution in [0.15, 0.2) is 42.5 Å². The maximum absolute atomic E-state index is 12.2. The van der Waals surface area contributed by atoms with Gasteiger partial charge in [0.15, 0.2) is 5.69 Å². The minimum absolute atomic E-state index is 0.0644. The second kappa shape index (κ2) is 6.90. The second-order valence-corrected chi connectivity index (χ2v) is 5.75. The third-order valence-corrected chi connectivity index (χ3v) is 3.91. The average Bonchev–Trinajstić information content (AvgIpc) is 2.95. The Labute approximate surface area is 147 Å². The molecule has 0 bridgehead atoms. The first-order valence-corrected chi connectivity index (χ1v) is 7.94. The Morgan fingerprint density at radius 3 is 2.64 bits per heavy atom. The van der Waals surface area contributed by atoms with Crippen LogP contribution in [0.3, 0.4) is 0 Å². The predicted octanol–water partition coefficient (Wildman–Crippen LogP) is 3.82. The maximum Gasteiger partial charge on any atom is 0.359 e. The number of ether oxygens (including phenoxy) is 1. The summed E-state index contributed by atoms with van der Waals surface area (Å²) in [6.07, 6.45) is 0. The quantitative estimate of drug-likeness (QED) is 0.392. The van der Waals surface area contributed by atoms with E-state index in [0.717, 1.165) is 5.56 Å². The fourth-order valence-corrected chi connectivity index (χ4v) is 2.64. The van der Waals surface area contributed by atoms with Crippen molar-refractivity contribution >= 4 is 34.2 Å². The summed E-state index contributed by atoms with van der Waals surface area (Å²) >= 11 is 5.89. The van der Waals surface area contributed by atoms with Crippen molar-refractivity contribution < 1.29 is 14.5 Å². The van der Waals surface area contributed by atoms with Gasteiger partial charge in [-0.25, -0.2) is 4.79 Å². The van der Waals surface area contributed by atoms with Gasteiger partial charge in [0.2, 0.25) is 0 Å². The van der Waals surface area contributed by atoms with Crippen LogP contribution in [0.25, 0.3) is 10.9 Å². The molecule has 25 heavy (non-hydrogen) atoms. The SMILES string of the molecule is CCOC(=O)c1nn(Cc2ccc(Cl)cc2)c2ccc([N+](=O)[O-])cc12. The number of carbonyl (C=O) groups is 1. The van der Waals surface area contributed by atoms with E-state index >= 15 is 0 Å². The zero-order valence-electron chi connectivity index (χ0n) is 13.3. The van der Waals surface area contributed by atoms with Crippen molar-refractivity contribution in [2.75, 3.05) is 6.61 Å². The second-order valence-electron chi connectivity index (χ2n) is 5.31. The first kappa shape index (κ1) is 16.9. The Bertz CT molecular complexity index is 950. The summed E-state index contributed by atoms with van der Waals surface area (Å²) in [5.74, 6) is -0.608. The lowest BCUT2D eigenvalue weighted by atomic mass is 10.2. The van der Waals surface area contributed by atoms with Crippen molar-refractivity contribution in [1.82, 2.24) is 9.78 Å². The number of aromatic nitrogens is 2. The van der Waals surface area contributed by atoms with Crippen molar-refractivity contribution in [2.24, 2.45) is 0 Å². The lowest BCUT2D eigenvalue weighted by molar-refractivity contribution is -0.384. The van der Waals surface area contributed by atoms with Gasteiger partial charge in [0.05, 0.1) is 23.6 Å². The molecule has 0 aliphatic carbocycles. The van der Waals surface area contributed by atoms with Crippen LogP contribution in [-0.2, 0) is 11.3 Å². The number of rotatable bonds is 5. The number of hydrogen-bond donors (Lipinski definition) is 0. The summed E-state index contributed by atoms with van der Waals surface area (Å²) < 4.78 is 6.63. The van der Waals surface area contributed by atoms with E-state index in [-0.39, 0.29) is 18.0 Å². The summed E-state index contributed by atoms with van der Waals surface area (Å²) in [6.45, 7) is 2.28. The van der Waals surface area contributed by atoms with E-state index in [2.05, 4.69) is 5.10 Å². The molecule has 7 nitrogen and oxygen atoms in total. The van der Waals surface area contributed by atoms with Gasteiger partial charge in [-0.1, -0.05) is 23.7 Å².